The fourth-order valence-corrected chi connectivity index (χ4v) is 4.97. The van der Waals surface area contributed by atoms with Crippen LogP contribution in [0.1, 0.15) is 49.2 Å². The zero-order valence-electron chi connectivity index (χ0n) is 24.5. The third-order valence-electron chi connectivity index (χ3n) is 6.62. The van der Waals surface area contributed by atoms with Crippen molar-refractivity contribution in [3.63, 3.8) is 0 Å². The summed E-state index contributed by atoms with van der Waals surface area (Å²) in [7, 11) is 3.97. The molecule has 2 aromatic carbocycles. The highest BCUT2D eigenvalue weighted by atomic mass is 19.1. The minimum atomic E-state index is -0.904. The van der Waals surface area contributed by atoms with Crippen molar-refractivity contribution in [2.45, 2.75) is 47.2 Å². The Kier molecular flexibility index (Phi) is 8.58. The van der Waals surface area contributed by atoms with Crippen molar-refractivity contribution in [2.24, 2.45) is 5.41 Å². The number of fused-ring (bicyclic) bond motifs is 1. The molecule has 0 radical (unpaired) electrons. The Bertz CT molecular complexity index is 1450. The van der Waals surface area contributed by atoms with Crippen molar-refractivity contribution < 1.29 is 18.4 Å². The zero-order chi connectivity index (χ0) is 30.1. The maximum absolute atomic E-state index is 15.0. The van der Waals surface area contributed by atoms with Crippen molar-refractivity contribution in [3.8, 4) is 11.3 Å². The molecule has 1 aromatic heterocycles. The Morgan fingerprint density at radius 3 is 2.46 bits per heavy atom. The Morgan fingerprint density at radius 1 is 1.15 bits per heavy atom. The van der Waals surface area contributed by atoms with Crippen molar-refractivity contribution >= 4 is 29.4 Å². The molecule has 0 atom stereocenters. The summed E-state index contributed by atoms with van der Waals surface area (Å²) in [5.41, 5.74) is 2.10. The van der Waals surface area contributed by atoms with Crippen molar-refractivity contribution in [2.75, 3.05) is 37.4 Å². The van der Waals surface area contributed by atoms with Crippen LogP contribution in [0.2, 0.25) is 0 Å². The van der Waals surface area contributed by atoms with Crippen LogP contribution < -0.4 is 20.9 Å². The molecule has 11 heteroatoms. The number of benzene rings is 2. The van der Waals surface area contributed by atoms with Crippen LogP contribution in [0, 0.1) is 24.0 Å². The number of amides is 3. The van der Waals surface area contributed by atoms with Crippen LogP contribution in [-0.2, 0) is 6.54 Å². The summed E-state index contributed by atoms with van der Waals surface area (Å²) in [6, 6.07) is 7.93. The highest BCUT2D eigenvalue weighted by molar-refractivity contribution is 6.02. The number of para-hydroxylation sites is 1. The van der Waals surface area contributed by atoms with Crippen LogP contribution in [0.5, 0.6) is 0 Å². The minimum Gasteiger partial charge on any atom is -0.354 e. The first-order chi connectivity index (χ1) is 19.3. The van der Waals surface area contributed by atoms with Gasteiger partial charge in [-0.1, -0.05) is 26.0 Å². The third kappa shape index (κ3) is 6.62. The molecule has 2 heterocycles. The van der Waals surface area contributed by atoms with Gasteiger partial charge in [-0.05, 0) is 70.1 Å². The smallest absolute Gasteiger partial charge is 0.328 e. The fraction of sp³-hybridized carbons (Fsp3) is 0.400. The van der Waals surface area contributed by atoms with Gasteiger partial charge in [-0.3, -0.25) is 4.79 Å². The van der Waals surface area contributed by atoms with Gasteiger partial charge in [0.2, 0.25) is 5.95 Å². The highest BCUT2D eigenvalue weighted by Crippen LogP contribution is 2.39. The van der Waals surface area contributed by atoms with E-state index in [1.807, 2.05) is 40.9 Å². The molecule has 3 aromatic rings. The van der Waals surface area contributed by atoms with Crippen LogP contribution in [0.25, 0.3) is 11.3 Å². The van der Waals surface area contributed by atoms with Gasteiger partial charge in [0.15, 0.2) is 5.82 Å². The molecule has 218 valence electrons. The number of hydrogen-bond acceptors (Lipinski definition) is 6. The van der Waals surface area contributed by atoms with E-state index in [-0.39, 0.29) is 35.7 Å². The SMILES string of the molecule is Cc1ccc(C(=O)NC(C)C)cc1-c1nc(NCC(C)(C)CN(C)C)nc2c1CNC(=O)N2c1c(F)cccc1F. The normalized spacial score (nSPS) is 13.3. The van der Waals surface area contributed by atoms with E-state index >= 15 is 0 Å². The molecule has 3 N–H and O–H groups in total. The van der Waals surface area contributed by atoms with Gasteiger partial charge >= 0.3 is 6.03 Å². The summed E-state index contributed by atoms with van der Waals surface area (Å²) in [5.74, 6) is -1.79. The maximum Gasteiger partial charge on any atom is 0.328 e. The lowest BCUT2D eigenvalue weighted by molar-refractivity contribution is 0.0943. The standard InChI is InChI=1S/C30H37F2N7O2/c1-17(2)35-27(40)19-12-11-18(3)20(13-19)24-21-14-33-29(41)39(25-22(31)9-8-10-23(25)32)26(21)37-28(36-24)34-15-30(4,5)16-38(6)7/h8-13,17H,14-16H2,1-7H3,(H,33,41)(H,35,40)(H,34,36,37). The number of aryl methyl sites for hydroxylation is 1. The van der Waals surface area contributed by atoms with E-state index in [2.05, 4.69) is 39.7 Å². The van der Waals surface area contributed by atoms with E-state index in [1.165, 1.54) is 6.07 Å². The highest BCUT2D eigenvalue weighted by Gasteiger charge is 2.34. The number of carbonyl (C=O) groups excluding carboxylic acids is 2. The molecular weight excluding hydrogens is 528 g/mol. The van der Waals surface area contributed by atoms with E-state index < -0.39 is 23.4 Å². The van der Waals surface area contributed by atoms with Gasteiger partial charge < -0.3 is 20.9 Å². The quantitative estimate of drug-likeness (QED) is 0.329. The average molecular weight is 566 g/mol. The Hall–Kier alpha value is -4.12. The van der Waals surface area contributed by atoms with E-state index in [4.69, 9.17) is 4.98 Å². The minimum absolute atomic E-state index is 0.0321. The van der Waals surface area contributed by atoms with Gasteiger partial charge in [0.1, 0.15) is 17.3 Å². The van der Waals surface area contributed by atoms with Gasteiger partial charge in [0, 0.05) is 35.8 Å². The molecule has 4 rings (SSSR count). The molecule has 3 amide bonds. The first kappa shape index (κ1) is 29.9. The van der Waals surface area contributed by atoms with Gasteiger partial charge in [-0.2, -0.15) is 4.98 Å². The Morgan fingerprint density at radius 2 is 1.83 bits per heavy atom. The number of urea groups is 1. The van der Waals surface area contributed by atoms with Gasteiger partial charge in [0.25, 0.3) is 5.91 Å². The first-order valence-electron chi connectivity index (χ1n) is 13.5. The molecule has 0 bridgehead atoms. The molecular formula is C30H37F2N7O2. The van der Waals surface area contributed by atoms with Crippen LogP contribution in [0.15, 0.2) is 36.4 Å². The molecule has 0 fully saturated rings. The summed E-state index contributed by atoms with van der Waals surface area (Å²) in [6.07, 6.45) is 0. The summed E-state index contributed by atoms with van der Waals surface area (Å²) in [4.78, 5) is 38.4. The number of nitrogens with zero attached hydrogens (tertiary/aromatic N) is 4. The largest absolute Gasteiger partial charge is 0.354 e. The molecule has 0 unspecified atom stereocenters. The van der Waals surface area contributed by atoms with Gasteiger partial charge in [0.05, 0.1) is 12.2 Å². The van der Waals surface area contributed by atoms with E-state index in [0.717, 1.165) is 29.1 Å². The first-order valence-corrected chi connectivity index (χ1v) is 13.5. The van der Waals surface area contributed by atoms with Gasteiger partial charge in [-0.25, -0.2) is 23.5 Å². The molecule has 41 heavy (non-hydrogen) atoms. The lowest BCUT2D eigenvalue weighted by atomic mass is 9.93. The molecule has 1 aliphatic rings. The van der Waals surface area contributed by atoms with Crippen molar-refractivity contribution in [3.05, 3.63) is 64.7 Å². The predicted octanol–water partition coefficient (Wildman–Crippen LogP) is 5.23. The summed E-state index contributed by atoms with van der Waals surface area (Å²) in [6.45, 7) is 11.1. The lowest BCUT2D eigenvalue weighted by Crippen LogP contribution is -2.43. The maximum atomic E-state index is 15.0. The molecule has 1 aliphatic heterocycles. The van der Waals surface area contributed by atoms with Crippen LogP contribution in [-0.4, -0.2) is 60.0 Å². The monoisotopic (exact) mass is 565 g/mol. The lowest BCUT2D eigenvalue weighted by Gasteiger charge is -2.32. The number of anilines is 3. The number of halogens is 2. The number of carbonyl (C=O) groups is 2. The van der Waals surface area contributed by atoms with E-state index in [1.54, 1.807) is 12.1 Å². The zero-order valence-corrected chi connectivity index (χ0v) is 24.5. The Labute approximate surface area is 239 Å². The topological polar surface area (TPSA) is 102 Å². The van der Waals surface area contributed by atoms with Crippen LogP contribution in [0.4, 0.5) is 31.0 Å². The molecule has 0 saturated carbocycles. The molecule has 0 aliphatic carbocycles. The van der Waals surface area contributed by atoms with Crippen LogP contribution >= 0.6 is 0 Å². The average Bonchev–Trinajstić information content (AvgIpc) is 2.87. The summed E-state index contributed by atoms with van der Waals surface area (Å²) in [5, 5.41) is 8.87. The van der Waals surface area contributed by atoms with Crippen LogP contribution in [0.3, 0.4) is 0 Å². The second-order valence-electron chi connectivity index (χ2n) is 11.7. The fourth-order valence-electron chi connectivity index (χ4n) is 4.97. The molecule has 9 nitrogen and oxygen atoms in total. The van der Waals surface area contributed by atoms with E-state index in [9.17, 15) is 18.4 Å². The number of rotatable bonds is 9. The number of nitrogens with one attached hydrogen (secondary N) is 3. The summed E-state index contributed by atoms with van der Waals surface area (Å²) >= 11 is 0. The predicted molar refractivity (Wildman–Crippen MR) is 156 cm³/mol. The van der Waals surface area contributed by atoms with Crippen molar-refractivity contribution in [1.82, 2.24) is 25.5 Å². The summed E-state index contributed by atoms with van der Waals surface area (Å²) < 4.78 is 30.0. The Balaban J connectivity index is 1.91. The molecule has 0 spiro atoms. The second-order valence-corrected chi connectivity index (χ2v) is 11.7. The van der Waals surface area contributed by atoms with E-state index in [0.29, 0.717) is 28.9 Å². The second kappa shape index (κ2) is 11.8. The van der Waals surface area contributed by atoms with Crippen molar-refractivity contribution in [1.29, 1.82) is 0 Å². The molecule has 0 saturated heterocycles. The number of aromatic nitrogens is 2. The van der Waals surface area contributed by atoms with Gasteiger partial charge in [-0.15, -0.1) is 0 Å². The number of hydrogen-bond donors (Lipinski definition) is 3. The third-order valence-corrected chi connectivity index (χ3v) is 6.62.